The van der Waals surface area contributed by atoms with Gasteiger partial charge in [0, 0.05) is 30.4 Å². The minimum Gasteiger partial charge on any atom is -0.496 e. The van der Waals surface area contributed by atoms with Gasteiger partial charge in [-0.2, -0.15) is 0 Å². The molecule has 0 aliphatic heterocycles. The highest BCUT2D eigenvalue weighted by Crippen LogP contribution is 2.24. The third-order valence-corrected chi connectivity index (χ3v) is 4.50. The average Bonchev–Trinajstić information content (AvgIpc) is 2.59. The molecule has 0 saturated heterocycles. The van der Waals surface area contributed by atoms with Crippen LogP contribution < -0.4 is 15.4 Å². The van der Waals surface area contributed by atoms with Crippen molar-refractivity contribution in [3.8, 4) is 5.75 Å². The summed E-state index contributed by atoms with van der Waals surface area (Å²) in [6.45, 7) is 11.9. The smallest absolute Gasteiger partial charge is 0.191 e. The van der Waals surface area contributed by atoms with Crippen LogP contribution >= 0.6 is 24.0 Å². The number of ether oxygens (including phenoxy) is 1. The molecule has 27 heavy (non-hydrogen) atoms. The first-order valence-electron chi connectivity index (χ1n) is 9.64. The Balaban J connectivity index is 0.00000676. The van der Waals surface area contributed by atoms with Crippen molar-refractivity contribution in [3.63, 3.8) is 0 Å². The second-order valence-corrected chi connectivity index (χ2v) is 6.82. The Morgan fingerprint density at radius 2 is 1.81 bits per heavy atom. The van der Waals surface area contributed by atoms with E-state index in [-0.39, 0.29) is 24.0 Å². The third kappa shape index (κ3) is 8.21. The molecule has 6 nitrogen and oxygen atoms in total. The van der Waals surface area contributed by atoms with Crippen LogP contribution in [0.15, 0.2) is 11.2 Å². The molecular formula is C20H37IN4O2. The van der Waals surface area contributed by atoms with Crippen molar-refractivity contribution in [2.75, 3.05) is 20.2 Å². The third-order valence-electron chi connectivity index (χ3n) is 4.50. The van der Waals surface area contributed by atoms with Crippen LogP contribution in [0.2, 0.25) is 0 Å². The molecule has 0 aromatic carbocycles. The van der Waals surface area contributed by atoms with Crippen LogP contribution in [0.1, 0.15) is 63.3 Å². The molecule has 0 radical (unpaired) electrons. The van der Waals surface area contributed by atoms with Crippen LogP contribution in [0.5, 0.6) is 5.75 Å². The highest BCUT2D eigenvalue weighted by atomic mass is 127. The SMILES string of the molecule is CCCC(O)(CCC)CNC(=NCc1ncc(C)c(OC)c1C)NCC.I. The van der Waals surface area contributed by atoms with E-state index in [9.17, 15) is 5.11 Å². The Kier molecular flexibility index (Phi) is 12.6. The van der Waals surface area contributed by atoms with Crippen LogP contribution in [0, 0.1) is 13.8 Å². The van der Waals surface area contributed by atoms with Gasteiger partial charge < -0.3 is 20.5 Å². The number of rotatable bonds is 10. The second-order valence-electron chi connectivity index (χ2n) is 6.82. The predicted molar refractivity (Wildman–Crippen MR) is 123 cm³/mol. The lowest BCUT2D eigenvalue weighted by Gasteiger charge is -2.28. The number of nitrogens with zero attached hydrogens (tertiary/aromatic N) is 2. The van der Waals surface area contributed by atoms with Crippen molar-refractivity contribution in [1.82, 2.24) is 15.6 Å². The molecule has 0 saturated carbocycles. The van der Waals surface area contributed by atoms with Crippen molar-refractivity contribution in [2.24, 2.45) is 4.99 Å². The summed E-state index contributed by atoms with van der Waals surface area (Å²) in [7, 11) is 1.68. The summed E-state index contributed by atoms with van der Waals surface area (Å²) < 4.78 is 5.46. The van der Waals surface area contributed by atoms with Gasteiger partial charge >= 0.3 is 0 Å². The van der Waals surface area contributed by atoms with E-state index in [2.05, 4.69) is 34.5 Å². The molecule has 1 heterocycles. The molecule has 0 atom stereocenters. The average molecular weight is 492 g/mol. The van der Waals surface area contributed by atoms with Crippen molar-refractivity contribution in [3.05, 3.63) is 23.0 Å². The number of aliphatic imine (C=N–C) groups is 1. The first-order chi connectivity index (χ1) is 12.4. The maximum Gasteiger partial charge on any atom is 0.191 e. The number of hydrogen-bond donors (Lipinski definition) is 3. The minimum atomic E-state index is -0.694. The molecule has 0 amide bonds. The number of guanidine groups is 1. The lowest BCUT2D eigenvalue weighted by atomic mass is 9.93. The summed E-state index contributed by atoms with van der Waals surface area (Å²) in [5.41, 5.74) is 2.23. The van der Waals surface area contributed by atoms with Gasteiger partial charge in [-0.3, -0.25) is 4.98 Å². The molecule has 0 aliphatic rings. The van der Waals surface area contributed by atoms with E-state index in [0.29, 0.717) is 19.0 Å². The number of aryl methyl sites for hydroxylation is 1. The number of hydrogen-bond acceptors (Lipinski definition) is 4. The fourth-order valence-electron chi connectivity index (χ4n) is 3.21. The molecule has 156 valence electrons. The fourth-order valence-corrected chi connectivity index (χ4v) is 3.21. The summed E-state index contributed by atoms with van der Waals surface area (Å²) in [4.78, 5) is 9.13. The monoisotopic (exact) mass is 492 g/mol. The van der Waals surface area contributed by atoms with Crippen LogP contribution in [0.25, 0.3) is 0 Å². The largest absolute Gasteiger partial charge is 0.496 e. The molecule has 1 rings (SSSR count). The zero-order valence-corrected chi connectivity index (χ0v) is 20.0. The zero-order valence-electron chi connectivity index (χ0n) is 17.7. The van der Waals surface area contributed by atoms with Gasteiger partial charge in [-0.15, -0.1) is 24.0 Å². The van der Waals surface area contributed by atoms with Gasteiger partial charge in [0.25, 0.3) is 0 Å². The molecule has 0 aliphatic carbocycles. The summed E-state index contributed by atoms with van der Waals surface area (Å²) in [6.07, 6.45) is 5.29. The van der Waals surface area contributed by atoms with Gasteiger partial charge in [0.15, 0.2) is 5.96 Å². The van der Waals surface area contributed by atoms with Crippen molar-refractivity contribution >= 4 is 29.9 Å². The standard InChI is InChI=1S/C20H36N4O2.HI/c1-7-10-20(25,11-8-2)14-24-19(21-9-3)23-13-17-16(5)18(26-6)15(4)12-22-17;/h12,25H,7-11,13-14H2,1-6H3,(H2,21,23,24);1H. The maximum absolute atomic E-state index is 10.8. The molecule has 3 N–H and O–H groups in total. The zero-order chi connectivity index (χ0) is 19.6. The first-order valence-corrected chi connectivity index (χ1v) is 9.64. The van der Waals surface area contributed by atoms with Crippen LogP contribution in [-0.2, 0) is 6.54 Å². The fraction of sp³-hybridized carbons (Fsp3) is 0.700. The van der Waals surface area contributed by atoms with Crippen molar-refractivity contribution in [2.45, 2.75) is 72.4 Å². The molecule has 0 spiro atoms. The predicted octanol–water partition coefficient (Wildman–Crippen LogP) is 3.71. The van der Waals surface area contributed by atoms with Gasteiger partial charge in [0.1, 0.15) is 5.75 Å². The van der Waals surface area contributed by atoms with E-state index in [4.69, 9.17) is 4.74 Å². The minimum absolute atomic E-state index is 0. The van der Waals surface area contributed by atoms with E-state index >= 15 is 0 Å². The maximum atomic E-state index is 10.8. The Morgan fingerprint density at radius 1 is 1.19 bits per heavy atom. The molecule has 7 heteroatoms. The summed E-state index contributed by atoms with van der Waals surface area (Å²) in [6, 6.07) is 0. The van der Waals surface area contributed by atoms with Crippen LogP contribution in [-0.4, -0.2) is 41.9 Å². The lowest BCUT2D eigenvalue weighted by molar-refractivity contribution is 0.0257. The van der Waals surface area contributed by atoms with E-state index in [1.165, 1.54) is 0 Å². The second kappa shape index (κ2) is 13.1. The summed E-state index contributed by atoms with van der Waals surface area (Å²) >= 11 is 0. The summed E-state index contributed by atoms with van der Waals surface area (Å²) in [5, 5.41) is 17.3. The van der Waals surface area contributed by atoms with E-state index < -0.39 is 5.60 Å². The van der Waals surface area contributed by atoms with Gasteiger partial charge in [0.2, 0.25) is 0 Å². The Labute approximate surface area is 181 Å². The molecule has 1 aromatic rings. The lowest BCUT2D eigenvalue weighted by Crippen LogP contribution is -2.47. The number of nitrogens with one attached hydrogen (secondary N) is 2. The number of pyridine rings is 1. The van der Waals surface area contributed by atoms with Crippen LogP contribution in [0.3, 0.4) is 0 Å². The highest BCUT2D eigenvalue weighted by Gasteiger charge is 2.25. The van der Waals surface area contributed by atoms with Gasteiger partial charge in [-0.05, 0) is 33.6 Å². The molecular weight excluding hydrogens is 455 g/mol. The summed E-state index contributed by atoms with van der Waals surface area (Å²) in [5.74, 6) is 1.56. The van der Waals surface area contributed by atoms with Gasteiger partial charge in [-0.25, -0.2) is 4.99 Å². The van der Waals surface area contributed by atoms with Gasteiger partial charge in [0.05, 0.1) is 24.9 Å². The number of halogens is 1. The first kappa shape index (κ1) is 25.9. The molecule has 0 unspecified atom stereocenters. The topological polar surface area (TPSA) is 78.8 Å². The Morgan fingerprint density at radius 3 is 2.33 bits per heavy atom. The quantitative estimate of drug-likeness (QED) is 0.264. The normalized spacial score (nSPS) is 11.7. The van der Waals surface area contributed by atoms with Gasteiger partial charge in [-0.1, -0.05) is 26.7 Å². The van der Waals surface area contributed by atoms with Crippen molar-refractivity contribution in [1.29, 1.82) is 0 Å². The molecule has 0 fully saturated rings. The van der Waals surface area contributed by atoms with E-state index in [1.807, 2.05) is 27.0 Å². The Hall–Kier alpha value is -1.09. The molecule has 1 aromatic heterocycles. The van der Waals surface area contributed by atoms with Crippen LogP contribution in [0.4, 0.5) is 0 Å². The number of aliphatic hydroxyl groups is 1. The Bertz CT molecular complexity index is 588. The van der Waals surface area contributed by atoms with E-state index in [1.54, 1.807) is 7.11 Å². The number of aromatic nitrogens is 1. The van der Waals surface area contributed by atoms with E-state index in [0.717, 1.165) is 54.8 Å². The highest BCUT2D eigenvalue weighted by molar-refractivity contribution is 14.0. The number of methoxy groups -OCH3 is 1. The molecule has 0 bridgehead atoms. The van der Waals surface area contributed by atoms with Crippen molar-refractivity contribution < 1.29 is 9.84 Å².